The Morgan fingerprint density at radius 3 is 1.39 bits per heavy atom. The fourth-order valence-corrected chi connectivity index (χ4v) is 2.84. The standard InChI is InChI=1S/C16H16N6O6/c23-7-5-21-15(25)13(19-27)11(17-21)9-1-2-10(4-3-9)12-14(20-28)16(26)22(18-12)6-8-24/h1-4,17-18,23-24H,5-8H2. The number of benzene rings is 1. The van der Waals surface area contributed by atoms with E-state index in [0.29, 0.717) is 11.1 Å². The maximum Gasteiger partial charge on any atom is 0.296 e. The van der Waals surface area contributed by atoms with E-state index in [1.165, 1.54) is 0 Å². The molecule has 12 nitrogen and oxygen atoms in total. The van der Waals surface area contributed by atoms with E-state index in [0.717, 1.165) is 9.36 Å². The molecule has 0 saturated heterocycles. The lowest BCUT2D eigenvalue weighted by molar-refractivity contribution is 0.267. The van der Waals surface area contributed by atoms with Gasteiger partial charge in [0.25, 0.3) is 11.1 Å². The van der Waals surface area contributed by atoms with Crippen LogP contribution in [0.4, 0.5) is 11.4 Å². The molecule has 28 heavy (non-hydrogen) atoms. The van der Waals surface area contributed by atoms with Crippen molar-refractivity contribution in [3.63, 3.8) is 0 Å². The van der Waals surface area contributed by atoms with E-state index in [1.54, 1.807) is 24.3 Å². The highest BCUT2D eigenvalue weighted by Gasteiger charge is 2.19. The summed E-state index contributed by atoms with van der Waals surface area (Å²) in [5, 5.41) is 29.0. The molecular formula is C16H16N6O6. The number of nitrogens with one attached hydrogen (secondary N) is 2. The van der Waals surface area contributed by atoms with Crippen LogP contribution in [0.15, 0.2) is 44.2 Å². The molecule has 0 aliphatic rings. The van der Waals surface area contributed by atoms with Crippen LogP contribution in [0.25, 0.3) is 22.5 Å². The van der Waals surface area contributed by atoms with E-state index in [2.05, 4.69) is 20.6 Å². The van der Waals surface area contributed by atoms with Crippen molar-refractivity contribution >= 4 is 11.4 Å². The molecule has 0 amide bonds. The van der Waals surface area contributed by atoms with Crippen LogP contribution in [0.2, 0.25) is 0 Å². The van der Waals surface area contributed by atoms with Gasteiger partial charge in [0.2, 0.25) is 0 Å². The van der Waals surface area contributed by atoms with Gasteiger partial charge in [0.05, 0.1) is 37.7 Å². The maximum absolute atomic E-state index is 12.1. The molecule has 2 aromatic heterocycles. The summed E-state index contributed by atoms with van der Waals surface area (Å²) in [5.41, 5.74) is -0.658. The number of rotatable bonds is 8. The molecule has 0 saturated carbocycles. The van der Waals surface area contributed by atoms with Crippen LogP contribution in [0, 0.1) is 9.81 Å². The molecule has 0 bridgehead atoms. The Hall–Kier alpha value is -3.64. The van der Waals surface area contributed by atoms with Gasteiger partial charge in [0, 0.05) is 11.1 Å². The maximum atomic E-state index is 12.1. The van der Waals surface area contributed by atoms with Crippen LogP contribution in [-0.2, 0) is 13.1 Å². The summed E-state index contributed by atoms with van der Waals surface area (Å²) in [6, 6.07) is 6.26. The number of H-pyrrole nitrogens is 2. The zero-order valence-corrected chi connectivity index (χ0v) is 14.5. The Bertz CT molecular complexity index is 1030. The van der Waals surface area contributed by atoms with Crippen LogP contribution in [-0.4, -0.2) is 43.0 Å². The minimum atomic E-state index is -0.652. The van der Waals surface area contributed by atoms with E-state index in [-0.39, 0.29) is 49.1 Å². The zero-order chi connectivity index (χ0) is 20.3. The molecule has 0 radical (unpaired) electrons. The molecule has 0 spiro atoms. The van der Waals surface area contributed by atoms with E-state index >= 15 is 0 Å². The first-order valence-corrected chi connectivity index (χ1v) is 8.20. The van der Waals surface area contributed by atoms with Gasteiger partial charge in [-0.15, -0.1) is 9.81 Å². The minimum absolute atomic E-state index is 0.0204. The predicted molar refractivity (Wildman–Crippen MR) is 99.6 cm³/mol. The normalized spacial score (nSPS) is 10.9. The van der Waals surface area contributed by atoms with Gasteiger partial charge in [-0.1, -0.05) is 24.3 Å². The van der Waals surface area contributed by atoms with Gasteiger partial charge in [-0.2, -0.15) is 0 Å². The molecule has 0 atom stereocenters. The Balaban J connectivity index is 2.04. The van der Waals surface area contributed by atoms with Crippen LogP contribution in [0.3, 0.4) is 0 Å². The van der Waals surface area contributed by atoms with Crippen molar-refractivity contribution < 1.29 is 10.2 Å². The Kier molecular flexibility index (Phi) is 5.42. The van der Waals surface area contributed by atoms with Crippen molar-refractivity contribution in [2.75, 3.05) is 13.2 Å². The Morgan fingerprint density at radius 2 is 1.11 bits per heavy atom. The van der Waals surface area contributed by atoms with Gasteiger partial charge < -0.3 is 10.2 Å². The van der Waals surface area contributed by atoms with Gasteiger partial charge in [-0.25, -0.2) is 9.36 Å². The largest absolute Gasteiger partial charge is 0.394 e. The zero-order valence-electron chi connectivity index (χ0n) is 14.5. The third-order valence-corrected chi connectivity index (χ3v) is 4.15. The highest BCUT2D eigenvalue weighted by Crippen LogP contribution is 2.30. The summed E-state index contributed by atoms with van der Waals surface area (Å²) in [6.07, 6.45) is 0. The van der Waals surface area contributed by atoms with E-state index < -0.39 is 11.1 Å². The Morgan fingerprint density at radius 1 is 0.750 bits per heavy atom. The number of nitrogens with zero attached hydrogens (tertiary/aromatic N) is 4. The smallest absolute Gasteiger partial charge is 0.296 e. The fourth-order valence-electron chi connectivity index (χ4n) is 2.84. The van der Waals surface area contributed by atoms with E-state index in [1.807, 2.05) is 0 Å². The molecule has 0 fully saturated rings. The average molecular weight is 388 g/mol. The topological polar surface area (TPSA) is 175 Å². The lowest BCUT2D eigenvalue weighted by Gasteiger charge is -2.03. The van der Waals surface area contributed by atoms with E-state index in [9.17, 15) is 19.4 Å². The van der Waals surface area contributed by atoms with Gasteiger partial charge in [0.15, 0.2) is 11.4 Å². The van der Waals surface area contributed by atoms with Crippen molar-refractivity contribution in [1.82, 2.24) is 19.6 Å². The quantitative estimate of drug-likeness (QED) is 0.415. The number of aromatic nitrogens is 4. The molecule has 1 aromatic carbocycles. The molecule has 3 rings (SSSR count). The van der Waals surface area contributed by atoms with Gasteiger partial charge >= 0.3 is 0 Å². The SMILES string of the molecule is O=Nc1c(-c2ccc(-c3[nH]n(CCO)c(=O)c3N=O)cc2)[nH]n(CCO)c1=O. The van der Waals surface area contributed by atoms with Crippen molar-refractivity contribution in [2.45, 2.75) is 13.1 Å². The summed E-state index contributed by atoms with van der Waals surface area (Å²) in [6.45, 7) is -0.631. The van der Waals surface area contributed by atoms with Gasteiger partial charge in [0.1, 0.15) is 0 Å². The number of nitroso groups, excluding NO2 is 2. The first-order chi connectivity index (χ1) is 13.5. The number of aromatic amines is 2. The molecule has 0 unspecified atom stereocenters. The van der Waals surface area contributed by atoms with Crippen LogP contribution in [0.5, 0.6) is 0 Å². The average Bonchev–Trinajstić information content (AvgIpc) is 3.19. The van der Waals surface area contributed by atoms with Crippen molar-refractivity contribution in [1.29, 1.82) is 0 Å². The number of aliphatic hydroxyl groups is 2. The second-order valence-corrected chi connectivity index (χ2v) is 5.79. The Labute approximate surface area is 156 Å². The number of hydrogen-bond donors (Lipinski definition) is 4. The van der Waals surface area contributed by atoms with Crippen molar-refractivity contribution in [2.24, 2.45) is 10.4 Å². The minimum Gasteiger partial charge on any atom is -0.394 e. The summed E-state index contributed by atoms with van der Waals surface area (Å²) in [7, 11) is 0. The second-order valence-electron chi connectivity index (χ2n) is 5.79. The van der Waals surface area contributed by atoms with Crippen LogP contribution in [0.1, 0.15) is 0 Å². The van der Waals surface area contributed by atoms with Gasteiger partial charge in [-0.3, -0.25) is 19.8 Å². The van der Waals surface area contributed by atoms with Crippen LogP contribution < -0.4 is 11.1 Å². The second kappa shape index (κ2) is 7.94. The summed E-state index contributed by atoms with van der Waals surface area (Å²) >= 11 is 0. The lowest BCUT2D eigenvalue weighted by Crippen LogP contribution is -2.18. The molecule has 12 heteroatoms. The number of aliphatic hydroxyl groups excluding tert-OH is 2. The van der Waals surface area contributed by atoms with E-state index in [4.69, 9.17) is 10.2 Å². The molecule has 2 heterocycles. The first kappa shape index (κ1) is 19.1. The molecule has 0 aliphatic carbocycles. The fraction of sp³-hybridized carbons (Fsp3) is 0.250. The van der Waals surface area contributed by atoms with Crippen molar-refractivity contribution in [3.05, 3.63) is 54.8 Å². The summed E-state index contributed by atoms with van der Waals surface area (Å²) < 4.78 is 2.14. The molecule has 4 N–H and O–H groups in total. The lowest BCUT2D eigenvalue weighted by atomic mass is 10.1. The highest BCUT2D eigenvalue weighted by molar-refractivity contribution is 5.76. The van der Waals surface area contributed by atoms with Crippen molar-refractivity contribution in [3.8, 4) is 22.5 Å². The van der Waals surface area contributed by atoms with Gasteiger partial charge in [-0.05, 0) is 10.4 Å². The third kappa shape index (κ3) is 3.21. The molecular weight excluding hydrogens is 372 g/mol. The summed E-state index contributed by atoms with van der Waals surface area (Å²) in [5.74, 6) is 0. The predicted octanol–water partition coefficient (Wildman–Crippen LogP) is 0.781. The summed E-state index contributed by atoms with van der Waals surface area (Å²) in [4.78, 5) is 46.3. The monoisotopic (exact) mass is 388 g/mol. The van der Waals surface area contributed by atoms with Crippen LogP contribution >= 0.6 is 0 Å². The highest BCUT2D eigenvalue weighted by atomic mass is 16.3. The molecule has 0 aliphatic heterocycles. The third-order valence-electron chi connectivity index (χ3n) is 4.15. The number of hydrogen-bond acceptors (Lipinski definition) is 8. The molecule has 3 aromatic rings. The molecule has 146 valence electrons. The first-order valence-electron chi connectivity index (χ1n) is 8.20.